The number of halogens is 1. The molecule has 0 fully saturated rings. The first-order valence-corrected chi connectivity index (χ1v) is 5.81. The van der Waals surface area contributed by atoms with E-state index >= 15 is 0 Å². The summed E-state index contributed by atoms with van der Waals surface area (Å²) in [6, 6.07) is 6.42. The van der Waals surface area contributed by atoms with Gasteiger partial charge in [0.15, 0.2) is 0 Å². The second-order valence-corrected chi connectivity index (χ2v) is 4.75. The molecule has 1 heterocycles. The Kier molecular flexibility index (Phi) is 3.39. The van der Waals surface area contributed by atoms with Gasteiger partial charge in [-0.25, -0.2) is 14.4 Å². The molecule has 2 N–H and O–H groups in total. The first-order chi connectivity index (χ1) is 8.54. The van der Waals surface area contributed by atoms with E-state index in [-0.39, 0.29) is 11.2 Å². The lowest BCUT2D eigenvalue weighted by atomic mass is 9.84. The molecular weight excluding hydrogens is 229 g/mol. The van der Waals surface area contributed by atoms with Gasteiger partial charge in [-0.2, -0.15) is 0 Å². The van der Waals surface area contributed by atoms with E-state index < -0.39 is 0 Å². The minimum atomic E-state index is -0.360. The van der Waals surface area contributed by atoms with Crippen molar-refractivity contribution in [1.82, 2.24) is 9.97 Å². The summed E-state index contributed by atoms with van der Waals surface area (Å²) in [5.41, 5.74) is 7.03. The second-order valence-electron chi connectivity index (χ2n) is 4.75. The standard InChI is InChI=1S/C14H16FN3/c1-14(2,11-3-5-12(15)6-4-11)13-17-8-10(7-16)9-18-13/h3-6,8-9H,7,16H2,1-2H3. The quantitative estimate of drug-likeness (QED) is 0.903. The Morgan fingerprint density at radius 1 is 1.11 bits per heavy atom. The van der Waals surface area contributed by atoms with Gasteiger partial charge in [-0.15, -0.1) is 0 Å². The Morgan fingerprint density at radius 3 is 2.17 bits per heavy atom. The fourth-order valence-corrected chi connectivity index (χ4v) is 1.78. The molecule has 0 spiro atoms. The minimum Gasteiger partial charge on any atom is -0.326 e. The number of aromatic nitrogens is 2. The van der Waals surface area contributed by atoms with E-state index in [2.05, 4.69) is 9.97 Å². The lowest BCUT2D eigenvalue weighted by molar-refractivity contribution is 0.581. The van der Waals surface area contributed by atoms with Crippen molar-refractivity contribution in [3.8, 4) is 0 Å². The molecule has 3 nitrogen and oxygen atoms in total. The third kappa shape index (κ3) is 2.38. The van der Waals surface area contributed by atoms with Crippen LogP contribution >= 0.6 is 0 Å². The molecule has 0 bridgehead atoms. The van der Waals surface area contributed by atoms with Gasteiger partial charge in [-0.05, 0) is 31.5 Å². The molecule has 0 saturated heterocycles. The molecule has 0 aliphatic heterocycles. The van der Waals surface area contributed by atoms with Crippen LogP contribution in [-0.4, -0.2) is 9.97 Å². The van der Waals surface area contributed by atoms with Crippen molar-refractivity contribution in [3.05, 3.63) is 59.4 Å². The summed E-state index contributed by atoms with van der Waals surface area (Å²) in [7, 11) is 0. The third-order valence-corrected chi connectivity index (χ3v) is 3.07. The van der Waals surface area contributed by atoms with Crippen LogP contribution < -0.4 is 5.73 Å². The van der Waals surface area contributed by atoms with Crippen LogP contribution in [0.5, 0.6) is 0 Å². The van der Waals surface area contributed by atoms with E-state index in [1.807, 2.05) is 13.8 Å². The number of hydrogen-bond donors (Lipinski definition) is 1. The predicted molar refractivity (Wildman–Crippen MR) is 68.5 cm³/mol. The largest absolute Gasteiger partial charge is 0.326 e. The van der Waals surface area contributed by atoms with Crippen molar-refractivity contribution in [1.29, 1.82) is 0 Å². The first-order valence-electron chi connectivity index (χ1n) is 5.81. The Hall–Kier alpha value is -1.81. The fraction of sp³-hybridized carbons (Fsp3) is 0.286. The molecule has 0 aliphatic carbocycles. The summed E-state index contributed by atoms with van der Waals surface area (Å²) in [6.07, 6.45) is 3.46. The van der Waals surface area contributed by atoms with Crippen molar-refractivity contribution in [3.63, 3.8) is 0 Å². The molecule has 0 atom stereocenters. The first kappa shape index (κ1) is 12.6. The molecule has 18 heavy (non-hydrogen) atoms. The van der Waals surface area contributed by atoms with Crippen molar-refractivity contribution in [2.45, 2.75) is 25.8 Å². The van der Waals surface area contributed by atoms with Gasteiger partial charge in [0.1, 0.15) is 11.6 Å². The van der Waals surface area contributed by atoms with Gasteiger partial charge < -0.3 is 5.73 Å². The Labute approximate surface area is 106 Å². The Morgan fingerprint density at radius 2 is 1.67 bits per heavy atom. The van der Waals surface area contributed by atoms with E-state index in [9.17, 15) is 4.39 Å². The van der Waals surface area contributed by atoms with Crippen LogP contribution in [0.3, 0.4) is 0 Å². The summed E-state index contributed by atoms with van der Waals surface area (Å²) < 4.78 is 12.9. The highest BCUT2D eigenvalue weighted by molar-refractivity contribution is 5.31. The zero-order valence-electron chi connectivity index (χ0n) is 10.5. The van der Waals surface area contributed by atoms with Gasteiger partial charge in [0, 0.05) is 29.9 Å². The number of hydrogen-bond acceptors (Lipinski definition) is 3. The van der Waals surface area contributed by atoms with Gasteiger partial charge in [0.25, 0.3) is 0 Å². The molecule has 0 radical (unpaired) electrons. The van der Waals surface area contributed by atoms with Crippen LogP contribution in [-0.2, 0) is 12.0 Å². The molecule has 94 valence electrons. The summed E-state index contributed by atoms with van der Waals surface area (Å²) >= 11 is 0. The van der Waals surface area contributed by atoms with E-state index in [0.717, 1.165) is 11.1 Å². The minimum absolute atomic E-state index is 0.242. The SMILES string of the molecule is CC(C)(c1ccc(F)cc1)c1ncc(CN)cn1. The topological polar surface area (TPSA) is 51.8 Å². The van der Waals surface area contributed by atoms with E-state index in [1.54, 1.807) is 24.5 Å². The maximum absolute atomic E-state index is 12.9. The zero-order valence-corrected chi connectivity index (χ0v) is 10.5. The molecule has 2 aromatic rings. The average molecular weight is 245 g/mol. The molecule has 0 saturated carbocycles. The molecule has 4 heteroatoms. The fourth-order valence-electron chi connectivity index (χ4n) is 1.78. The third-order valence-electron chi connectivity index (χ3n) is 3.07. The van der Waals surface area contributed by atoms with Crippen molar-refractivity contribution < 1.29 is 4.39 Å². The summed E-state index contributed by atoms with van der Waals surface area (Å²) in [5, 5.41) is 0. The second kappa shape index (κ2) is 4.82. The highest BCUT2D eigenvalue weighted by Crippen LogP contribution is 2.28. The van der Waals surface area contributed by atoms with Crippen LogP contribution in [0.1, 0.15) is 30.8 Å². The van der Waals surface area contributed by atoms with Crippen LogP contribution in [0.2, 0.25) is 0 Å². The van der Waals surface area contributed by atoms with Crippen LogP contribution in [0.25, 0.3) is 0 Å². The Balaban J connectivity index is 2.37. The van der Waals surface area contributed by atoms with Crippen molar-refractivity contribution >= 4 is 0 Å². The molecule has 0 aliphatic rings. The van der Waals surface area contributed by atoms with Gasteiger partial charge in [-0.1, -0.05) is 12.1 Å². The number of benzene rings is 1. The maximum Gasteiger partial charge on any atom is 0.138 e. The highest BCUT2D eigenvalue weighted by atomic mass is 19.1. The van der Waals surface area contributed by atoms with E-state index in [4.69, 9.17) is 5.73 Å². The van der Waals surface area contributed by atoms with Crippen molar-refractivity contribution in [2.75, 3.05) is 0 Å². The average Bonchev–Trinajstić information content (AvgIpc) is 2.39. The van der Waals surface area contributed by atoms with Crippen molar-refractivity contribution in [2.24, 2.45) is 5.73 Å². The summed E-state index contributed by atoms with van der Waals surface area (Å²) in [5.74, 6) is 0.459. The molecule has 2 rings (SSSR count). The van der Waals surface area contributed by atoms with Gasteiger partial charge >= 0.3 is 0 Å². The lowest BCUT2D eigenvalue weighted by Crippen LogP contribution is -2.22. The van der Waals surface area contributed by atoms with Crippen LogP contribution in [0, 0.1) is 5.82 Å². The molecule has 1 aromatic carbocycles. The molecular formula is C14H16FN3. The smallest absolute Gasteiger partial charge is 0.138 e. The number of rotatable bonds is 3. The molecule has 0 amide bonds. The van der Waals surface area contributed by atoms with E-state index in [0.29, 0.717) is 12.4 Å². The summed E-state index contributed by atoms with van der Waals surface area (Å²) in [4.78, 5) is 8.67. The maximum atomic E-state index is 12.9. The molecule has 1 aromatic heterocycles. The van der Waals surface area contributed by atoms with Gasteiger partial charge in [0.05, 0.1) is 0 Å². The van der Waals surface area contributed by atoms with E-state index in [1.165, 1.54) is 12.1 Å². The normalized spacial score (nSPS) is 11.6. The zero-order chi connectivity index (χ0) is 13.2. The van der Waals surface area contributed by atoms with Crippen LogP contribution in [0.4, 0.5) is 4.39 Å². The number of nitrogens with two attached hydrogens (primary N) is 1. The lowest BCUT2D eigenvalue weighted by Gasteiger charge is -2.23. The van der Waals surface area contributed by atoms with Gasteiger partial charge in [-0.3, -0.25) is 0 Å². The van der Waals surface area contributed by atoms with Crippen LogP contribution in [0.15, 0.2) is 36.7 Å². The predicted octanol–water partition coefficient (Wildman–Crippen LogP) is 2.40. The number of nitrogens with zero attached hydrogens (tertiary/aromatic N) is 2. The monoisotopic (exact) mass is 245 g/mol. The summed E-state index contributed by atoms with van der Waals surface area (Å²) in [6.45, 7) is 4.45. The van der Waals surface area contributed by atoms with Gasteiger partial charge in [0.2, 0.25) is 0 Å². The molecule has 0 unspecified atom stereocenters. The highest BCUT2D eigenvalue weighted by Gasteiger charge is 2.26. The Bertz CT molecular complexity index is 518.